The van der Waals surface area contributed by atoms with Gasteiger partial charge in [0.1, 0.15) is 4.64 Å². The van der Waals surface area contributed by atoms with Crippen molar-refractivity contribution in [2.45, 2.75) is 0 Å². The predicted octanol–water partition coefficient (Wildman–Crippen LogP) is 0.485. The number of carboxylic acid groups (broad SMARTS) is 1. The summed E-state index contributed by atoms with van der Waals surface area (Å²) in [5, 5.41) is 14.9. The Kier molecular flexibility index (Phi) is 1.59. The van der Waals surface area contributed by atoms with Crippen LogP contribution in [0.3, 0.4) is 0 Å². The highest BCUT2D eigenvalue weighted by molar-refractivity contribution is 7.71. The molecule has 0 spiro atoms. The van der Waals surface area contributed by atoms with Crippen LogP contribution < -0.4 is 0 Å². The largest absolute Gasteiger partial charge is 0.475 e. The van der Waals surface area contributed by atoms with Crippen LogP contribution in [0.4, 0.5) is 0 Å². The van der Waals surface area contributed by atoms with Crippen LogP contribution in [0.5, 0.6) is 0 Å². The molecule has 2 aromatic rings. The molecular weight excluding hydrogens is 192 g/mol. The van der Waals surface area contributed by atoms with E-state index in [-0.39, 0.29) is 10.5 Å². The van der Waals surface area contributed by atoms with E-state index in [0.29, 0.717) is 5.52 Å². The maximum Gasteiger partial charge on any atom is 0.374 e. The lowest BCUT2D eigenvalue weighted by molar-refractivity contribution is 0.0679. The normalized spacial score (nSPS) is 10.5. The van der Waals surface area contributed by atoms with Crippen molar-refractivity contribution in [3.05, 3.63) is 22.7 Å². The van der Waals surface area contributed by atoms with Gasteiger partial charge in [-0.1, -0.05) is 12.2 Å². The molecule has 2 N–H and O–H groups in total. The lowest BCUT2D eigenvalue weighted by Gasteiger charge is -1.96. The number of hydrogen-bond acceptors (Lipinski definition) is 4. The molecule has 0 radical (unpaired) electrons. The minimum Gasteiger partial charge on any atom is -0.475 e. The molecule has 0 fully saturated rings. The predicted molar refractivity (Wildman–Crippen MR) is 45.1 cm³/mol. The molecule has 0 aliphatic rings. The van der Waals surface area contributed by atoms with Crippen LogP contribution in [0.1, 0.15) is 10.6 Å². The van der Waals surface area contributed by atoms with Crippen molar-refractivity contribution in [3.8, 4) is 0 Å². The van der Waals surface area contributed by atoms with Gasteiger partial charge in [0.2, 0.25) is 5.82 Å². The van der Waals surface area contributed by atoms with Crippen LogP contribution in [-0.4, -0.2) is 30.9 Å². The van der Waals surface area contributed by atoms with Crippen molar-refractivity contribution in [2.24, 2.45) is 0 Å². The first-order valence-electron chi connectivity index (χ1n) is 3.35. The highest BCUT2D eigenvalue weighted by Gasteiger charge is 2.10. The fourth-order valence-corrected chi connectivity index (χ4v) is 1.20. The second-order valence-electron chi connectivity index (χ2n) is 2.34. The van der Waals surface area contributed by atoms with Gasteiger partial charge in [-0.3, -0.25) is 0 Å². The number of aromatic amines is 1. The molecule has 0 atom stereocenters. The van der Waals surface area contributed by atoms with E-state index in [1.165, 1.54) is 10.7 Å². The Morgan fingerprint density at radius 1 is 1.69 bits per heavy atom. The second-order valence-corrected chi connectivity index (χ2v) is 2.76. The number of H-pyrrole nitrogens is 1. The molecule has 0 amide bonds. The van der Waals surface area contributed by atoms with Crippen LogP contribution in [0.15, 0.2) is 12.3 Å². The Balaban J connectivity index is 2.93. The average Bonchev–Trinajstić information content (AvgIpc) is 2.49. The molecule has 0 aliphatic carbocycles. The lowest BCUT2D eigenvalue weighted by atomic mass is 10.5. The summed E-state index contributed by atoms with van der Waals surface area (Å²) in [6, 6.07) is 1.56. The van der Waals surface area contributed by atoms with E-state index in [9.17, 15) is 4.79 Å². The van der Waals surface area contributed by atoms with Gasteiger partial charge >= 0.3 is 5.97 Å². The molecule has 0 unspecified atom stereocenters. The van der Waals surface area contributed by atoms with E-state index >= 15 is 0 Å². The maximum atomic E-state index is 10.7. The van der Waals surface area contributed by atoms with Gasteiger partial charge < -0.3 is 5.11 Å². The zero-order chi connectivity index (χ0) is 9.42. The van der Waals surface area contributed by atoms with Gasteiger partial charge in [0.25, 0.3) is 0 Å². The zero-order valence-corrected chi connectivity index (χ0v) is 7.08. The maximum absolute atomic E-state index is 10.7. The van der Waals surface area contributed by atoms with Crippen LogP contribution in [0.2, 0.25) is 0 Å². The van der Waals surface area contributed by atoms with E-state index < -0.39 is 5.97 Å². The van der Waals surface area contributed by atoms with Crippen LogP contribution in [-0.2, 0) is 0 Å². The number of aromatic nitrogens is 4. The first kappa shape index (κ1) is 7.87. The SMILES string of the molecule is O=C(O)c1nc(=S)cc2cn[nH]n12. The van der Waals surface area contributed by atoms with Crippen LogP contribution in [0.25, 0.3) is 5.52 Å². The smallest absolute Gasteiger partial charge is 0.374 e. The van der Waals surface area contributed by atoms with Crippen molar-refractivity contribution in [3.63, 3.8) is 0 Å². The molecule has 0 aromatic carbocycles. The summed E-state index contributed by atoms with van der Waals surface area (Å²) < 4.78 is 1.48. The Labute approximate surface area is 76.8 Å². The minimum absolute atomic E-state index is 0.167. The molecule has 7 heteroatoms. The summed E-state index contributed by atoms with van der Waals surface area (Å²) in [5.74, 6) is -1.31. The second kappa shape index (κ2) is 2.63. The number of carboxylic acids is 1. The van der Waals surface area contributed by atoms with Gasteiger partial charge in [0.05, 0.1) is 11.7 Å². The summed E-state index contributed by atoms with van der Waals surface area (Å²) in [6.07, 6.45) is 1.48. The number of hydrogen-bond donors (Lipinski definition) is 2. The van der Waals surface area contributed by atoms with Gasteiger partial charge in [-0.25, -0.2) is 19.5 Å². The van der Waals surface area contributed by atoms with Crippen molar-refractivity contribution in [1.82, 2.24) is 19.8 Å². The van der Waals surface area contributed by atoms with Gasteiger partial charge in [-0.2, -0.15) is 5.10 Å². The number of fused-ring (bicyclic) bond motifs is 1. The Hall–Kier alpha value is -1.76. The number of nitrogens with zero attached hydrogens (tertiary/aromatic N) is 3. The van der Waals surface area contributed by atoms with E-state index in [2.05, 4.69) is 15.3 Å². The summed E-state index contributed by atoms with van der Waals surface area (Å²) in [7, 11) is 0. The molecule has 6 nitrogen and oxygen atoms in total. The number of nitrogens with one attached hydrogen (secondary N) is 1. The number of rotatable bonds is 1. The zero-order valence-electron chi connectivity index (χ0n) is 6.26. The Bertz CT molecular complexity index is 529. The van der Waals surface area contributed by atoms with Crippen LogP contribution >= 0.6 is 12.2 Å². The third-order valence-corrected chi connectivity index (χ3v) is 1.71. The van der Waals surface area contributed by atoms with E-state index in [0.717, 1.165) is 0 Å². The van der Waals surface area contributed by atoms with E-state index in [4.69, 9.17) is 17.3 Å². The third kappa shape index (κ3) is 1.18. The third-order valence-electron chi connectivity index (χ3n) is 1.50. The first-order valence-corrected chi connectivity index (χ1v) is 3.76. The van der Waals surface area contributed by atoms with Crippen molar-refractivity contribution >= 4 is 23.7 Å². The van der Waals surface area contributed by atoms with E-state index in [1.54, 1.807) is 6.07 Å². The van der Waals surface area contributed by atoms with E-state index in [1.807, 2.05) is 0 Å². The fourth-order valence-electron chi connectivity index (χ4n) is 0.996. The van der Waals surface area contributed by atoms with Gasteiger partial charge in [-0.15, -0.1) is 0 Å². The summed E-state index contributed by atoms with van der Waals surface area (Å²) in [4.78, 5) is 14.4. The summed E-state index contributed by atoms with van der Waals surface area (Å²) in [6.45, 7) is 0. The standard InChI is InChI=1S/C6H4N4O2S/c11-6(12)5-8-4(13)1-3-2-7-9-10(3)5/h1-2,9H,(H,11,12). The Morgan fingerprint density at radius 2 is 2.46 bits per heavy atom. The molecule has 0 saturated carbocycles. The summed E-state index contributed by atoms with van der Waals surface area (Å²) >= 11 is 4.78. The molecule has 2 rings (SSSR count). The Morgan fingerprint density at radius 3 is 3.15 bits per heavy atom. The minimum atomic E-state index is -1.15. The van der Waals surface area contributed by atoms with Gasteiger partial charge in [0, 0.05) is 6.07 Å². The monoisotopic (exact) mass is 196 g/mol. The molecule has 13 heavy (non-hydrogen) atoms. The first-order chi connectivity index (χ1) is 6.18. The molecule has 66 valence electrons. The lowest BCUT2D eigenvalue weighted by Crippen LogP contribution is -2.09. The molecule has 2 heterocycles. The molecule has 2 aromatic heterocycles. The topological polar surface area (TPSA) is 83.3 Å². The quantitative estimate of drug-likeness (QED) is 0.648. The molecular formula is C6H4N4O2S. The van der Waals surface area contributed by atoms with Crippen LogP contribution in [0, 0.1) is 4.64 Å². The fraction of sp³-hybridized carbons (Fsp3) is 0. The van der Waals surface area contributed by atoms with Crippen molar-refractivity contribution in [1.29, 1.82) is 0 Å². The highest BCUT2D eigenvalue weighted by atomic mass is 32.1. The van der Waals surface area contributed by atoms with Gasteiger partial charge in [-0.05, 0) is 0 Å². The van der Waals surface area contributed by atoms with Crippen molar-refractivity contribution in [2.75, 3.05) is 0 Å². The molecule has 0 saturated heterocycles. The summed E-state index contributed by atoms with van der Waals surface area (Å²) in [5.41, 5.74) is 0.581. The average molecular weight is 196 g/mol. The van der Waals surface area contributed by atoms with Gasteiger partial charge in [0.15, 0.2) is 0 Å². The molecule has 0 aliphatic heterocycles. The van der Waals surface area contributed by atoms with Crippen molar-refractivity contribution < 1.29 is 9.90 Å². The molecule has 0 bridgehead atoms. The number of carbonyl (C=O) groups is 1. The number of aromatic carboxylic acids is 1. The highest BCUT2D eigenvalue weighted by Crippen LogP contribution is 2.02.